The third kappa shape index (κ3) is 3.12. The Balaban J connectivity index is 2.33. The number of rotatable bonds is 4. The molecule has 0 heterocycles. The molecule has 2 unspecified atom stereocenters. The van der Waals surface area contributed by atoms with Gasteiger partial charge in [-0.1, -0.05) is 36.4 Å². The highest BCUT2D eigenvalue weighted by Gasteiger charge is 2.21. The van der Waals surface area contributed by atoms with Crippen LogP contribution in [0, 0.1) is 12.7 Å². The van der Waals surface area contributed by atoms with Crippen LogP contribution in [0.2, 0.25) is 0 Å². The third-order valence-electron chi connectivity index (χ3n) is 3.04. The Kier molecular flexibility index (Phi) is 4.17. The molecule has 100 valence electrons. The van der Waals surface area contributed by atoms with Gasteiger partial charge in [-0.3, -0.25) is 0 Å². The van der Waals surface area contributed by atoms with Crippen molar-refractivity contribution >= 4 is 0 Å². The second-order valence-electron chi connectivity index (χ2n) is 4.68. The highest BCUT2D eigenvalue weighted by Crippen LogP contribution is 2.28. The van der Waals surface area contributed by atoms with Crippen molar-refractivity contribution in [3.63, 3.8) is 0 Å². The summed E-state index contributed by atoms with van der Waals surface area (Å²) in [7, 11) is 0. The van der Waals surface area contributed by atoms with Gasteiger partial charge in [-0.2, -0.15) is 0 Å². The fourth-order valence-electron chi connectivity index (χ4n) is 1.99. The van der Waals surface area contributed by atoms with Crippen molar-refractivity contribution in [2.45, 2.75) is 26.0 Å². The number of ether oxygens (including phenoxy) is 1. The van der Waals surface area contributed by atoms with Gasteiger partial charge in [0, 0.05) is 11.6 Å². The zero-order chi connectivity index (χ0) is 13.8. The topological polar surface area (TPSA) is 35.2 Å². The van der Waals surface area contributed by atoms with E-state index in [0.29, 0.717) is 5.56 Å². The molecule has 2 aromatic carbocycles. The van der Waals surface area contributed by atoms with Gasteiger partial charge in [-0.15, -0.1) is 0 Å². The third-order valence-corrected chi connectivity index (χ3v) is 3.04. The molecule has 0 aliphatic rings. The molecule has 0 radical (unpaired) electrons. The fourth-order valence-corrected chi connectivity index (χ4v) is 1.99. The summed E-state index contributed by atoms with van der Waals surface area (Å²) in [5, 5.41) is 0. The van der Waals surface area contributed by atoms with Crippen molar-refractivity contribution in [2.24, 2.45) is 5.73 Å². The Morgan fingerprint density at radius 3 is 2.32 bits per heavy atom. The maximum absolute atomic E-state index is 13.9. The standard InChI is InChI=1S/C16H18FNO/c1-11-7-3-6-10-15(11)19-16(12(2)18)13-8-4-5-9-14(13)17/h3-10,12,16H,18H2,1-2H3. The maximum atomic E-state index is 13.9. The molecule has 2 atom stereocenters. The largest absolute Gasteiger partial charge is 0.484 e. The van der Waals surface area contributed by atoms with E-state index in [1.54, 1.807) is 18.2 Å². The molecule has 3 heteroatoms. The molecule has 0 fully saturated rings. The molecular formula is C16H18FNO. The number of para-hydroxylation sites is 1. The summed E-state index contributed by atoms with van der Waals surface area (Å²) in [6.45, 7) is 3.77. The lowest BCUT2D eigenvalue weighted by atomic mass is 10.0. The smallest absolute Gasteiger partial charge is 0.141 e. The molecule has 2 aromatic rings. The minimum Gasteiger partial charge on any atom is -0.484 e. The van der Waals surface area contributed by atoms with Crippen molar-refractivity contribution in [2.75, 3.05) is 0 Å². The van der Waals surface area contributed by atoms with Gasteiger partial charge in [0.15, 0.2) is 0 Å². The van der Waals surface area contributed by atoms with Gasteiger partial charge in [0.1, 0.15) is 17.7 Å². The molecule has 2 rings (SSSR count). The van der Waals surface area contributed by atoms with Gasteiger partial charge in [0.05, 0.1) is 0 Å². The molecule has 0 spiro atoms. The molecule has 2 N–H and O–H groups in total. The summed E-state index contributed by atoms with van der Waals surface area (Å²) in [4.78, 5) is 0. The molecule has 0 saturated carbocycles. The Labute approximate surface area is 113 Å². The molecule has 0 aliphatic carbocycles. The van der Waals surface area contributed by atoms with E-state index in [2.05, 4.69) is 0 Å². The highest BCUT2D eigenvalue weighted by atomic mass is 19.1. The molecule has 0 bridgehead atoms. The van der Waals surface area contributed by atoms with Crippen LogP contribution in [0.5, 0.6) is 5.75 Å². The maximum Gasteiger partial charge on any atom is 0.141 e. The lowest BCUT2D eigenvalue weighted by molar-refractivity contribution is 0.174. The molecule has 19 heavy (non-hydrogen) atoms. The quantitative estimate of drug-likeness (QED) is 0.910. The first-order chi connectivity index (χ1) is 9.09. The molecule has 0 amide bonds. The lowest BCUT2D eigenvalue weighted by Gasteiger charge is -2.24. The van der Waals surface area contributed by atoms with Crippen molar-refractivity contribution < 1.29 is 9.13 Å². The van der Waals surface area contributed by atoms with E-state index in [-0.39, 0.29) is 11.9 Å². The van der Waals surface area contributed by atoms with Crippen LogP contribution in [0.4, 0.5) is 4.39 Å². The molecule has 0 aromatic heterocycles. The van der Waals surface area contributed by atoms with Crippen LogP contribution in [0.25, 0.3) is 0 Å². The highest BCUT2D eigenvalue weighted by molar-refractivity contribution is 5.33. The van der Waals surface area contributed by atoms with E-state index in [4.69, 9.17) is 10.5 Å². The molecule has 2 nitrogen and oxygen atoms in total. The van der Waals surface area contributed by atoms with Crippen LogP contribution in [0.3, 0.4) is 0 Å². The predicted octanol–water partition coefficient (Wildman–Crippen LogP) is 3.60. The second kappa shape index (κ2) is 5.85. The second-order valence-corrected chi connectivity index (χ2v) is 4.68. The Morgan fingerprint density at radius 1 is 1.05 bits per heavy atom. The first kappa shape index (κ1) is 13.6. The molecule has 0 saturated heterocycles. The summed E-state index contributed by atoms with van der Waals surface area (Å²) < 4.78 is 19.8. The van der Waals surface area contributed by atoms with E-state index in [9.17, 15) is 4.39 Å². The summed E-state index contributed by atoms with van der Waals surface area (Å²) in [5.74, 6) is 0.437. The van der Waals surface area contributed by atoms with E-state index in [0.717, 1.165) is 11.3 Å². The van der Waals surface area contributed by atoms with Crippen LogP contribution in [-0.2, 0) is 0 Å². The number of hydrogen-bond acceptors (Lipinski definition) is 2. The summed E-state index contributed by atoms with van der Waals surface area (Å²) >= 11 is 0. The number of halogens is 1. The molecular weight excluding hydrogens is 241 g/mol. The first-order valence-electron chi connectivity index (χ1n) is 6.32. The van der Waals surface area contributed by atoms with E-state index < -0.39 is 6.10 Å². The SMILES string of the molecule is Cc1ccccc1OC(c1ccccc1F)C(C)N. The Hall–Kier alpha value is -1.87. The number of aryl methyl sites for hydroxylation is 1. The number of nitrogens with two attached hydrogens (primary N) is 1. The number of hydrogen-bond donors (Lipinski definition) is 1. The Morgan fingerprint density at radius 2 is 1.68 bits per heavy atom. The van der Waals surface area contributed by atoms with Gasteiger partial charge < -0.3 is 10.5 Å². The lowest BCUT2D eigenvalue weighted by Crippen LogP contribution is -2.29. The van der Waals surface area contributed by atoms with E-state index >= 15 is 0 Å². The van der Waals surface area contributed by atoms with Crippen LogP contribution >= 0.6 is 0 Å². The van der Waals surface area contributed by atoms with Gasteiger partial charge >= 0.3 is 0 Å². The van der Waals surface area contributed by atoms with Gasteiger partial charge in [0.2, 0.25) is 0 Å². The van der Waals surface area contributed by atoms with Gasteiger partial charge in [0.25, 0.3) is 0 Å². The van der Waals surface area contributed by atoms with Crippen molar-refractivity contribution in [3.8, 4) is 5.75 Å². The predicted molar refractivity (Wildman–Crippen MR) is 74.6 cm³/mol. The van der Waals surface area contributed by atoms with Crippen LogP contribution in [-0.4, -0.2) is 6.04 Å². The van der Waals surface area contributed by atoms with Crippen LogP contribution < -0.4 is 10.5 Å². The number of benzene rings is 2. The minimum absolute atomic E-state index is 0.293. The molecule has 0 aliphatic heterocycles. The minimum atomic E-state index is -0.498. The zero-order valence-electron chi connectivity index (χ0n) is 11.1. The fraction of sp³-hybridized carbons (Fsp3) is 0.250. The normalized spacial score (nSPS) is 13.9. The van der Waals surface area contributed by atoms with Crippen molar-refractivity contribution in [1.82, 2.24) is 0 Å². The van der Waals surface area contributed by atoms with Gasteiger partial charge in [-0.25, -0.2) is 4.39 Å². The first-order valence-corrected chi connectivity index (χ1v) is 6.32. The van der Waals surface area contributed by atoms with Crippen molar-refractivity contribution in [3.05, 3.63) is 65.5 Å². The van der Waals surface area contributed by atoms with Crippen LogP contribution in [0.1, 0.15) is 24.2 Å². The van der Waals surface area contributed by atoms with Crippen LogP contribution in [0.15, 0.2) is 48.5 Å². The monoisotopic (exact) mass is 259 g/mol. The van der Waals surface area contributed by atoms with E-state index in [1.165, 1.54) is 6.07 Å². The average Bonchev–Trinajstić information content (AvgIpc) is 2.38. The Bertz CT molecular complexity index is 554. The van der Waals surface area contributed by atoms with E-state index in [1.807, 2.05) is 38.1 Å². The van der Waals surface area contributed by atoms with Gasteiger partial charge in [-0.05, 0) is 31.5 Å². The zero-order valence-corrected chi connectivity index (χ0v) is 11.1. The summed E-state index contributed by atoms with van der Waals surface area (Å²) in [6, 6.07) is 13.9. The summed E-state index contributed by atoms with van der Waals surface area (Å²) in [5.41, 5.74) is 7.43. The summed E-state index contributed by atoms with van der Waals surface area (Å²) in [6.07, 6.45) is -0.498. The van der Waals surface area contributed by atoms with Crippen molar-refractivity contribution in [1.29, 1.82) is 0 Å². The average molecular weight is 259 g/mol.